The van der Waals surface area contributed by atoms with E-state index in [0.717, 1.165) is 0 Å². The van der Waals surface area contributed by atoms with Crippen LogP contribution in [0.2, 0.25) is 0 Å². The summed E-state index contributed by atoms with van der Waals surface area (Å²) in [6.07, 6.45) is 0.712. The Bertz CT molecular complexity index is 283. The van der Waals surface area contributed by atoms with Crippen LogP contribution in [0.4, 0.5) is 0 Å². The summed E-state index contributed by atoms with van der Waals surface area (Å²) in [6, 6.07) is 0. The van der Waals surface area contributed by atoms with Gasteiger partial charge in [0, 0.05) is 13.2 Å². The predicted molar refractivity (Wildman–Crippen MR) is 54.4 cm³/mol. The number of hydrogen-bond acceptors (Lipinski definition) is 4. The topological polar surface area (TPSA) is 81.4 Å². The van der Waals surface area contributed by atoms with Crippen LogP contribution in [-0.2, 0) is 14.8 Å². The summed E-state index contributed by atoms with van der Waals surface area (Å²) in [4.78, 5) is 0. The molecule has 0 aromatic carbocycles. The second-order valence-corrected chi connectivity index (χ2v) is 6.16. The number of sulfonamides is 1. The molecule has 0 aromatic rings. The molecule has 2 unspecified atom stereocenters. The zero-order chi connectivity index (χ0) is 10.8. The number of hydrogen-bond donors (Lipinski definition) is 2. The van der Waals surface area contributed by atoms with Gasteiger partial charge in [-0.15, -0.1) is 0 Å². The summed E-state index contributed by atoms with van der Waals surface area (Å²) in [5.41, 5.74) is 4.87. The molecule has 0 amide bonds. The third-order valence-electron chi connectivity index (χ3n) is 2.47. The minimum absolute atomic E-state index is 0.131. The van der Waals surface area contributed by atoms with E-state index in [2.05, 4.69) is 4.72 Å². The maximum Gasteiger partial charge on any atom is 0.216 e. The summed E-state index contributed by atoms with van der Waals surface area (Å²) in [6.45, 7) is 4.62. The zero-order valence-corrected chi connectivity index (χ0v) is 9.43. The Kier molecular flexibility index (Phi) is 3.52. The van der Waals surface area contributed by atoms with Crippen molar-refractivity contribution in [2.45, 2.75) is 31.1 Å². The fourth-order valence-electron chi connectivity index (χ4n) is 1.32. The lowest BCUT2D eigenvalue weighted by atomic mass is 10.0. The predicted octanol–water partition coefficient (Wildman–Crippen LogP) is -0.568. The van der Waals surface area contributed by atoms with Gasteiger partial charge in [0.25, 0.3) is 0 Å². The lowest BCUT2D eigenvalue weighted by molar-refractivity contribution is 0.178. The molecule has 2 atom stereocenters. The summed E-state index contributed by atoms with van der Waals surface area (Å²) in [5, 5.41) is -0.556. The highest BCUT2D eigenvalue weighted by molar-refractivity contribution is 7.90. The second-order valence-electron chi connectivity index (χ2n) is 4.06. The van der Waals surface area contributed by atoms with E-state index < -0.39 is 20.8 Å². The Hall–Kier alpha value is -0.170. The molecule has 0 saturated carbocycles. The van der Waals surface area contributed by atoms with Crippen LogP contribution in [0.3, 0.4) is 0 Å². The van der Waals surface area contributed by atoms with Crippen LogP contribution in [0.5, 0.6) is 0 Å². The maximum absolute atomic E-state index is 11.7. The second kappa shape index (κ2) is 4.14. The summed E-state index contributed by atoms with van der Waals surface area (Å²) in [7, 11) is -3.31. The molecule has 0 bridgehead atoms. The van der Waals surface area contributed by atoms with Gasteiger partial charge in [-0.25, -0.2) is 13.1 Å². The molecule has 6 heteroatoms. The minimum atomic E-state index is -3.31. The van der Waals surface area contributed by atoms with Crippen LogP contribution in [0.15, 0.2) is 0 Å². The van der Waals surface area contributed by atoms with Crippen LogP contribution in [0.25, 0.3) is 0 Å². The van der Waals surface area contributed by atoms with Gasteiger partial charge in [0.1, 0.15) is 0 Å². The molecule has 5 nitrogen and oxygen atoms in total. The third-order valence-corrected chi connectivity index (χ3v) is 4.50. The molecule has 84 valence electrons. The number of ether oxygens (including phenoxy) is 1. The van der Waals surface area contributed by atoms with Gasteiger partial charge in [-0.3, -0.25) is 0 Å². The van der Waals surface area contributed by atoms with E-state index in [4.69, 9.17) is 10.5 Å². The molecule has 1 aliphatic rings. The van der Waals surface area contributed by atoms with E-state index >= 15 is 0 Å². The molecule has 0 aliphatic carbocycles. The van der Waals surface area contributed by atoms with Gasteiger partial charge in [-0.1, -0.05) is 0 Å². The molecule has 14 heavy (non-hydrogen) atoms. The van der Waals surface area contributed by atoms with Crippen molar-refractivity contribution in [2.75, 3.05) is 19.8 Å². The Labute approximate surface area is 85.1 Å². The number of nitrogens with two attached hydrogens (primary N) is 1. The van der Waals surface area contributed by atoms with Crippen LogP contribution in [0.1, 0.15) is 20.3 Å². The molecular formula is C8H18N2O3S. The van der Waals surface area contributed by atoms with Crippen molar-refractivity contribution < 1.29 is 13.2 Å². The first-order valence-corrected chi connectivity index (χ1v) is 6.25. The van der Waals surface area contributed by atoms with E-state index in [-0.39, 0.29) is 6.54 Å². The van der Waals surface area contributed by atoms with Gasteiger partial charge in [-0.2, -0.15) is 0 Å². The molecule has 1 heterocycles. The average Bonchev–Trinajstić information content (AvgIpc) is 2.49. The number of nitrogens with one attached hydrogen (secondary N) is 1. The highest BCUT2D eigenvalue weighted by Gasteiger charge is 2.35. The Morgan fingerprint density at radius 2 is 2.29 bits per heavy atom. The quantitative estimate of drug-likeness (QED) is 0.667. The van der Waals surface area contributed by atoms with Gasteiger partial charge >= 0.3 is 0 Å². The SMILES string of the molecule is CC(CN)S(=O)(=O)NC1(C)CCOC1. The Balaban J connectivity index is 2.67. The lowest BCUT2D eigenvalue weighted by Crippen LogP contribution is -2.50. The maximum atomic E-state index is 11.7. The summed E-state index contributed by atoms with van der Waals surface area (Å²) in [5.74, 6) is 0. The Morgan fingerprint density at radius 3 is 2.71 bits per heavy atom. The standard InChI is InChI=1S/C8H18N2O3S/c1-7(5-9)14(11,12)10-8(2)3-4-13-6-8/h7,10H,3-6,9H2,1-2H3. The van der Waals surface area contributed by atoms with Crippen LogP contribution >= 0.6 is 0 Å². The van der Waals surface area contributed by atoms with Crippen molar-refractivity contribution in [3.05, 3.63) is 0 Å². The summed E-state index contributed by atoms with van der Waals surface area (Å²) >= 11 is 0. The molecule has 0 radical (unpaired) electrons. The van der Waals surface area contributed by atoms with Crippen molar-refractivity contribution in [1.82, 2.24) is 4.72 Å². The lowest BCUT2D eigenvalue weighted by Gasteiger charge is -2.25. The first kappa shape index (κ1) is 11.9. The normalized spacial score (nSPS) is 30.5. The van der Waals surface area contributed by atoms with Crippen LogP contribution in [0, 0.1) is 0 Å². The molecule has 0 spiro atoms. The first-order chi connectivity index (χ1) is 6.40. The zero-order valence-electron chi connectivity index (χ0n) is 8.62. The first-order valence-electron chi connectivity index (χ1n) is 4.70. The average molecular weight is 222 g/mol. The van der Waals surface area contributed by atoms with Crippen molar-refractivity contribution in [2.24, 2.45) is 5.73 Å². The summed E-state index contributed by atoms with van der Waals surface area (Å²) < 4.78 is 31.2. The highest BCUT2D eigenvalue weighted by Crippen LogP contribution is 2.19. The van der Waals surface area contributed by atoms with Crippen LogP contribution < -0.4 is 10.5 Å². The molecule has 1 saturated heterocycles. The van der Waals surface area contributed by atoms with Gasteiger partial charge in [-0.05, 0) is 20.3 Å². The van der Waals surface area contributed by atoms with Crippen LogP contribution in [-0.4, -0.2) is 39.0 Å². The van der Waals surface area contributed by atoms with E-state index in [0.29, 0.717) is 19.6 Å². The molecule has 0 aromatic heterocycles. The fraction of sp³-hybridized carbons (Fsp3) is 1.00. The van der Waals surface area contributed by atoms with Gasteiger partial charge in [0.15, 0.2) is 0 Å². The highest BCUT2D eigenvalue weighted by atomic mass is 32.2. The molecule has 1 fully saturated rings. The largest absolute Gasteiger partial charge is 0.379 e. The molecular weight excluding hydrogens is 204 g/mol. The molecule has 3 N–H and O–H groups in total. The van der Waals surface area contributed by atoms with E-state index in [1.54, 1.807) is 6.92 Å². The van der Waals surface area contributed by atoms with Gasteiger partial charge in [0.2, 0.25) is 10.0 Å². The molecule has 1 aliphatic heterocycles. The smallest absolute Gasteiger partial charge is 0.216 e. The molecule has 1 rings (SSSR count). The van der Waals surface area contributed by atoms with Crippen molar-refractivity contribution in [1.29, 1.82) is 0 Å². The Morgan fingerprint density at radius 1 is 1.64 bits per heavy atom. The van der Waals surface area contributed by atoms with E-state index in [1.165, 1.54) is 0 Å². The van der Waals surface area contributed by atoms with Gasteiger partial charge in [0.05, 0.1) is 17.4 Å². The van der Waals surface area contributed by atoms with Crippen molar-refractivity contribution in [3.63, 3.8) is 0 Å². The third kappa shape index (κ3) is 2.66. The van der Waals surface area contributed by atoms with E-state index in [9.17, 15) is 8.42 Å². The van der Waals surface area contributed by atoms with E-state index in [1.807, 2.05) is 6.92 Å². The fourth-order valence-corrected chi connectivity index (χ4v) is 2.62. The minimum Gasteiger partial charge on any atom is -0.379 e. The van der Waals surface area contributed by atoms with Crippen molar-refractivity contribution in [3.8, 4) is 0 Å². The number of rotatable bonds is 4. The van der Waals surface area contributed by atoms with Gasteiger partial charge < -0.3 is 10.5 Å². The monoisotopic (exact) mass is 222 g/mol. The van der Waals surface area contributed by atoms with Crippen molar-refractivity contribution >= 4 is 10.0 Å².